The monoisotopic (exact) mass is 576 g/mol. The zero-order chi connectivity index (χ0) is 26.9. The van der Waals surface area contributed by atoms with Crippen LogP contribution in [0.1, 0.15) is 31.0 Å². The molecule has 3 rings (SSSR count). The number of esters is 1. The standard InChI is InChI=1S/C25H29BrN4O7/c1-5-36-20-11-15(23-22(24(32)35-4)14(2)28-25(33)29-23)6-8-19(20)37-13-21(31)30-27-12-16-10-17(26)7-9-18(16)34-3/h6-12,21,23,30-31H,5,13H2,1-4H3,(H2,28,29,33)/b27-12+/t21-,23+/m1/s1. The van der Waals surface area contributed by atoms with Crippen LogP contribution in [0.15, 0.2) is 57.2 Å². The van der Waals surface area contributed by atoms with Crippen molar-refractivity contribution in [1.29, 1.82) is 0 Å². The third kappa shape index (κ3) is 7.14. The number of aliphatic hydroxyl groups is 1. The average molecular weight is 577 g/mol. The van der Waals surface area contributed by atoms with Gasteiger partial charge in [0.15, 0.2) is 17.7 Å². The van der Waals surface area contributed by atoms with Gasteiger partial charge in [0.2, 0.25) is 0 Å². The molecule has 1 aliphatic heterocycles. The number of halogens is 1. The number of carbonyl (C=O) groups is 2. The summed E-state index contributed by atoms with van der Waals surface area (Å²) in [7, 11) is 2.84. The van der Waals surface area contributed by atoms with E-state index in [0.717, 1.165) is 4.47 Å². The number of benzene rings is 2. The van der Waals surface area contributed by atoms with Crippen LogP contribution in [0.5, 0.6) is 17.2 Å². The van der Waals surface area contributed by atoms with Crippen LogP contribution in [0, 0.1) is 0 Å². The molecule has 0 radical (unpaired) electrons. The third-order valence-electron chi connectivity index (χ3n) is 5.29. The van der Waals surface area contributed by atoms with Gasteiger partial charge in [-0.2, -0.15) is 5.10 Å². The second-order valence-corrected chi connectivity index (χ2v) is 8.72. The molecule has 2 aromatic rings. The highest BCUT2D eigenvalue weighted by molar-refractivity contribution is 9.10. The molecule has 0 fully saturated rings. The molecule has 11 nitrogen and oxygen atoms in total. The number of urea groups is 1. The van der Waals surface area contributed by atoms with Gasteiger partial charge in [0, 0.05) is 15.7 Å². The van der Waals surface area contributed by atoms with Gasteiger partial charge in [-0.1, -0.05) is 22.0 Å². The molecule has 0 saturated heterocycles. The molecule has 0 spiro atoms. The van der Waals surface area contributed by atoms with E-state index in [1.807, 2.05) is 19.1 Å². The van der Waals surface area contributed by atoms with Crippen molar-refractivity contribution < 1.29 is 33.6 Å². The summed E-state index contributed by atoms with van der Waals surface area (Å²) < 4.78 is 22.5. The van der Waals surface area contributed by atoms with Crippen molar-refractivity contribution >= 4 is 34.1 Å². The van der Waals surface area contributed by atoms with E-state index in [0.29, 0.717) is 40.7 Å². The summed E-state index contributed by atoms with van der Waals surface area (Å²) in [5.74, 6) is 0.809. The van der Waals surface area contributed by atoms with E-state index >= 15 is 0 Å². The number of methoxy groups -OCH3 is 2. The Kier molecular flexibility index (Phi) is 9.75. The molecule has 12 heteroatoms. The fraction of sp³-hybridized carbons (Fsp3) is 0.320. The number of ether oxygens (including phenoxy) is 4. The summed E-state index contributed by atoms with van der Waals surface area (Å²) in [5.41, 5.74) is 4.58. The number of hydrogen-bond acceptors (Lipinski definition) is 9. The van der Waals surface area contributed by atoms with Crippen LogP contribution in [0.2, 0.25) is 0 Å². The second kappa shape index (κ2) is 13.0. The maximum atomic E-state index is 12.4. The number of carbonyl (C=O) groups excluding carboxylic acids is 2. The lowest BCUT2D eigenvalue weighted by atomic mass is 9.95. The van der Waals surface area contributed by atoms with Gasteiger partial charge in [0.25, 0.3) is 0 Å². The van der Waals surface area contributed by atoms with E-state index in [-0.39, 0.29) is 12.2 Å². The maximum Gasteiger partial charge on any atom is 0.337 e. The third-order valence-corrected chi connectivity index (χ3v) is 5.78. The maximum absolute atomic E-state index is 12.4. The van der Waals surface area contributed by atoms with Crippen molar-refractivity contribution in [2.75, 3.05) is 27.4 Å². The van der Waals surface area contributed by atoms with Crippen molar-refractivity contribution in [3.05, 3.63) is 63.3 Å². The average Bonchev–Trinajstić information content (AvgIpc) is 2.87. The van der Waals surface area contributed by atoms with Gasteiger partial charge in [-0.3, -0.25) is 5.43 Å². The van der Waals surface area contributed by atoms with Crippen molar-refractivity contribution in [3.8, 4) is 17.2 Å². The molecule has 1 aliphatic rings. The summed E-state index contributed by atoms with van der Waals surface area (Å²) >= 11 is 3.40. The Morgan fingerprint density at radius 1 is 1.19 bits per heavy atom. The van der Waals surface area contributed by atoms with E-state index in [9.17, 15) is 14.7 Å². The van der Waals surface area contributed by atoms with Gasteiger partial charge in [-0.25, -0.2) is 9.59 Å². The molecule has 0 unspecified atom stereocenters. The number of allylic oxidation sites excluding steroid dienone is 1. The van der Waals surface area contributed by atoms with Crippen LogP contribution < -0.4 is 30.3 Å². The molecule has 2 aromatic carbocycles. The van der Waals surface area contributed by atoms with Crippen molar-refractivity contribution in [3.63, 3.8) is 0 Å². The predicted octanol–water partition coefficient (Wildman–Crippen LogP) is 2.98. The van der Waals surface area contributed by atoms with Gasteiger partial charge in [0.05, 0.1) is 38.7 Å². The minimum absolute atomic E-state index is 0.136. The normalized spacial score (nSPS) is 16.1. The smallest absolute Gasteiger partial charge is 0.337 e. The molecule has 0 aliphatic carbocycles. The van der Waals surface area contributed by atoms with E-state index in [4.69, 9.17) is 18.9 Å². The Morgan fingerprint density at radius 3 is 2.65 bits per heavy atom. The molecule has 0 bridgehead atoms. The van der Waals surface area contributed by atoms with Gasteiger partial charge in [-0.15, -0.1) is 0 Å². The molecular weight excluding hydrogens is 548 g/mol. The summed E-state index contributed by atoms with van der Waals surface area (Å²) in [6, 6.07) is 9.29. The van der Waals surface area contributed by atoms with Crippen LogP contribution in [0.4, 0.5) is 4.79 Å². The highest BCUT2D eigenvalue weighted by atomic mass is 79.9. The Morgan fingerprint density at radius 2 is 1.95 bits per heavy atom. The van der Waals surface area contributed by atoms with Crippen LogP contribution >= 0.6 is 15.9 Å². The van der Waals surface area contributed by atoms with Gasteiger partial charge in [0.1, 0.15) is 12.4 Å². The Hall–Kier alpha value is -3.77. The first-order chi connectivity index (χ1) is 17.8. The number of rotatable bonds is 11. The summed E-state index contributed by atoms with van der Waals surface area (Å²) in [4.78, 5) is 24.4. The first-order valence-electron chi connectivity index (χ1n) is 11.3. The molecule has 0 aromatic heterocycles. The van der Waals surface area contributed by atoms with E-state index in [2.05, 4.69) is 37.1 Å². The minimum atomic E-state index is -1.12. The minimum Gasteiger partial charge on any atom is -0.496 e. The van der Waals surface area contributed by atoms with Gasteiger partial charge < -0.3 is 34.7 Å². The SMILES string of the molecule is CCOc1cc([C@@H]2NC(=O)NC(C)=C2C(=O)OC)ccc1OC[C@@H](O)N/N=C/c1cc(Br)ccc1OC. The van der Waals surface area contributed by atoms with E-state index in [1.165, 1.54) is 13.3 Å². The zero-order valence-electron chi connectivity index (χ0n) is 20.8. The lowest BCUT2D eigenvalue weighted by Crippen LogP contribution is -2.45. The van der Waals surface area contributed by atoms with Crippen LogP contribution in [-0.2, 0) is 9.53 Å². The van der Waals surface area contributed by atoms with E-state index < -0.39 is 24.3 Å². The molecule has 0 saturated carbocycles. The molecule has 2 atom stereocenters. The topological polar surface area (TPSA) is 140 Å². The summed E-state index contributed by atoms with van der Waals surface area (Å²) in [6.07, 6.45) is 0.401. The molecule has 198 valence electrons. The van der Waals surface area contributed by atoms with Crippen LogP contribution in [0.3, 0.4) is 0 Å². The second-order valence-electron chi connectivity index (χ2n) is 7.80. The molecule has 1 heterocycles. The number of hydrogen-bond donors (Lipinski definition) is 4. The van der Waals surface area contributed by atoms with Gasteiger partial charge >= 0.3 is 12.0 Å². The number of nitrogens with zero attached hydrogens (tertiary/aromatic N) is 1. The number of amides is 2. The first-order valence-corrected chi connectivity index (χ1v) is 12.1. The van der Waals surface area contributed by atoms with Crippen molar-refractivity contribution in [2.24, 2.45) is 5.10 Å². The molecule has 2 amide bonds. The quantitative estimate of drug-likeness (QED) is 0.138. The van der Waals surface area contributed by atoms with Gasteiger partial charge in [-0.05, 0) is 49.7 Å². The fourth-order valence-electron chi connectivity index (χ4n) is 3.62. The fourth-order valence-corrected chi connectivity index (χ4v) is 4.00. The Balaban J connectivity index is 1.72. The summed E-state index contributed by atoms with van der Waals surface area (Å²) in [5, 5.41) is 19.7. The van der Waals surface area contributed by atoms with Crippen molar-refractivity contribution in [1.82, 2.24) is 16.1 Å². The van der Waals surface area contributed by atoms with Crippen LogP contribution in [0.25, 0.3) is 0 Å². The summed E-state index contributed by atoms with van der Waals surface area (Å²) in [6.45, 7) is 3.65. The highest BCUT2D eigenvalue weighted by Gasteiger charge is 2.32. The Labute approximate surface area is 222 Å². The molecule has 37 heavy (non-hydrogen) atoms. The number of hydrazone groups is 1. The largest absolute Gasteiger partial charge is 0.496 e. The molecule has 4 N–H and O–H groups in total. The predicted molar refractivity (Wildman–Crippen MR) is 140 cm³/mol. The number of aliphatic hydroxyl groups excluding tert-OH is 1. The lowest BCUT2D eigenvalue weighted by molar-refractivity contribution is -0.136. The van der Waals surface area contributed by atoms with Crippen LogP contribution in [-0.4, -0.2) is 57.0 Å². The zero-order valence-corrected chi connectivity index (χ0v) is 22.4. The number of nitrogens with one attached hydrogen (secondary N) is 3. The lowest BCUT2D eigenvalue weighted by Gasteiger charge is -2.28. The Bertz CT molecular complexity index is 1200. The van der Waals surface area contributed by atoms with Crippen molar-refractivity contribution in [2.45, 2.75) is 26.1 Å². The first kappa shape index (κ1) is 27.8. The highest BCUT2D eigenvalue weighted by Crippen LogP contribution is 2.35. The van der Waals surface area contributed by atoms with E-state index in [1.54, 1.807) is 38.3 Å². The molecular formula is C25H29BrN4O7.